The number of nitrogens with zero attached hydrogens (tertiary/aromatic N) is 2. The van der Waals surface area contributed by atoms with Crippen LogP contribution in [0.25, 0.3) is 0 Å². The molecule has 2 aliphatic rings. The summed E-state index contributed by atoms with van der Waals surface area (Å²) in [6, 6.07) is 6.24. The van der Waals surface area contributed by atoms with E-state index in [1.54, 1.807) is 0 Å². The number of carbonyl (C=O) groups is 1. The Labute approximate surface area is 166 Å². The first-order chi connectivity index (χ1) is 13.5. The number of hydrogen-bond donors (Lipinski definition) is 2. The van der Waals surface area contributed by atoms with Crippen LogP contribution < -0.4 is 10.1 Å². The van der Waals surface area contributed by atoms with Crippen LogP contribution in [0, 0.1) is 12.8 Å². The first-order valence-electron chi connectivity index (χ1n) is 10.3. The number of aromatic nitrogens is 2. The molecule has 2 N–H and O–H groups in total. The van der Waals surface area contributed by atoms with E-state index in [1.807, 2.05) is 12.1 Å². The zero-order valence-electron chi connectivity index (χ0n) is 17.0. The van der Waals surface area contributed by atoms with E-state index in [-0.39, 0.29) is 17.7 Å². The number of benzene rings is 1. The van der Waals surface area contributed by atoms with Crippen molar-refractivity contribution in [2.24, 2.45) is 5.92 Å². The molecule has 0 saturated carbocycles. The van der Waals surface area contributed by atoms with Gasteiger partial charge in [-0.25, -0.2) is 4.98 Å². The quantitative estimate of drug-likeness (QED) is 0.834. The fourth-order valence-electron chi connectivity index (χ4n) is 4.45. The molecule has 0 unspecified atom stereocenters. The molecule has 3 heterocycles. The summed E-state index contributed by atoms with van der Waals surface area (Å²) in [7, 11) is 2.08. The highest BCUT2D eigenvalue weighted by molar-refractivity contribution is 5.80. The predicted molar refractivity (Wildman–Crippen MR) is 109 cm³/mol. The fraction of sp³-hybridized carbons (Fsp3) is 0.545. The molecule has 0 radical (unpaired) electrons. The van der Waals surface area contributed by atoms with Gasteiger partial charge in [-0.1, -0.05) is 19.1 Å². The molecule has 1 aromatic heterocycles. The fourth-order valence-corrected chi connectivity index (χ4v) is 4.45. The van der Waals surface area contributed by atoms with Crippen molar-refractivity contribution in [3.63, 3.8) is 0 Å². The number of likely N-dealkylation sites (tertiary alicyclic amines) is 1. The maximum Gasteiger partial charge on any atom is 0.225 e. The molecular weight excluding hydrogens is 352 g/mol. The van der Waals surface area contributed by atoms with Gasteiger partial charge in [0.1, 0.15) is 11.6 Å². The SMILES string of the molecule is CCc1nc([C@H]2CN(C)C[C@@H]2C(=O)NCc2ccc3c(c2)CCCO3)c(C)[nH]1. The third-order valence-corrected chi connectivity index (χ3v) is 5.94. The number of hydrogen-bond acceptors (Lipinski definition) is 4. The van der Waals surface area contributed by atoms with Crippen LogP contribution in [0.2, 0.25) is 0 Å². The van der Waals surface area contributed by atoms with Crippen LogP contribution in [0.3, 0.4) is 0 Å². The molecule has 28 heavy (non-hydrogen) atoms. The highest BCUT2D eigenvalue weighted by Crippen LogP contribution is 2.33. The van der Waals surface area contributed by atoms with Gasteiger partial charge in [-0.15, -0.1) is 0 Å². The summed E-state index contributed by atoms with van der Waals surface area (Å²) in [5.74, 6) is 2.16. The Morgan fingerprint density at radius 2 is 2.25 bits per heavy atom. The van der Waals surface area contributed by atoms with Crippen molar-refractivity contribution in [3.8, 4) is 5.75 Å². The summed E-state index contributed by atoms with van der Waals surface area (Å²) in [5.41, 5.74) is 4.51. The van der Waals surface area contributed by atoms with Crippen molar-refractivity contribution in [2.75, 3.05) is 26.7 Å². The van der Waals surface area contributed by atoms with Gasteiger partial charge < -0.3 is 19.9 Å². The van der Waals surface area contributed by atoms with Crippen LogP contribution in [-0.2, 0) is 24.2 Å². The number of aryl methyl sites for hydroxylation is 3. The first-order valence-corrected chi connectivity index (χ1v) is 10.3. The second-order valence-corrected chi connectivity index (χ2v) is 8.09. The molecule has 2 atom stereocenters. The Morgan fingerprint density at radius 1 is 1.39 bits per heavy atom. The molecule has 0 spiro atoms. The number of H-pyrrole nitrogens is 1. The Kier molecular flexibility index (Phi) is 5.40. The Balaban J connectivity index is 1.45. The van der Waals surface area contributed by atoms with E-state index in [0.717, 1.165) is 67.5 Å². The second-order valence-electron chi connectivity index (χ2n) is 8.09. The van der Waals surface area contributed by atoms with E-state index >= 15 is 0 Å². The number of likely N-dealkylation sites (N-methyl/N-ethyl adjacent to an activating group) is 1. The van der Waals surface area contributed by atoms with Crippen LogP contribution in [0.15, 0.2) is 18.2 Å². The molecule has 4 rings (SSSR count). The minimum absolute atomic E-state index is 0.0716. The Bertz CT molecular complexity index is 860. The van der Waals surface area contributed by atoms with Crippen molar-refractivity contribution in [1.82, 2.24) is 20.2 Å². The second kappa shape index (κ2) is 7.95. The molecule has 1 aromatic carbocycles. The predicted octanol–water partition coefficient (Wildman–Crippen LogP) is 2.57. The Hall–Kier alpha value is -2.34. The smallest absolute Gasteiger partial charge is 0.225 e. The van der Waals surface area contributed by atoms with E-state index in [9.17, 15) is 4.79 Å². The minimum atomic E-state index is -0.0716. The van der Waals surface area contributed by atoms with Gasteiger partial charge in [-0.05, 0) is 44.0 Å². The van der Waals surface area contributed by atoms with E-state index in [1.165, 1.54) is 5.56 Å². The normalized spacial score (nSPS) is 22.0. The molecule has 2 aromatic rings. The van der Waals surface area contributed by atoms with Gasteiger partial charge in [0.05, 0.1) is 18.2 Å². The van der Waals surface area contributed by atoms with Gasteiger partial charge in [0, 0.05) is 37.7 Å². The van der Waals surface area contributed by atoms with E-state index in [0.29, 0.717) is 6.54 Å². The summed E-state index contributed by atoms with van der Waals surface area (Å²) in [6.07, 6.45) is 2.98. The van der Waals surface area contributed by atoms with Crippen LogP contribution in [0.4, 0.5) is 0 Å². The van der Waals surface area contributed by atoms with Gasteiger partial charge >= 0.3 is 0 Å². The topological polar surface area (TPSA) is 70.2 Å². The molecule has 1 amide bonds. The van der Waals surface area contributed by atoms with Crippen LogP contribution in [0.1, 0.15) is 47.6 Å². The molecule has 6 heteroatoms. The van der Waals surface area contributed by atoms with Gasteiger partial charge in [-0.3, -0.25) is 4.79 Å². The van der Waals surface area contributed by atoms with Gasteiger partial charge in [0.25, 0.3) is 0 Å². The van der Waals surface area contributed by atoms with Gasteiger partial charge in [0.15, 0.2) is 0 Å². The molecule has 2 aliphatic heterocycles. The molecule has 150 valence electrons. The van der Waals surface area contributed by atoms with Crippen molar-refractivity contribution in [2.45, 2.75) is 45.6 Å². The first kappa shape index (κ1) is 19.0. The van der Waals surface area contributed by atoms with E-state index in [2.05, 4.69) is 42.2 Å². The number of rotatable bonds is 5. The van der Waals surface area contributed by atoms with Crippen LogP contribution >= 0.6 is 0 Å². The standard InChI is InChI=1S/C22H30N4O2/c1-4-20-24-14(2)21(25-20)17-12-26(3)13-18(17)22(27)23-11-15-7-8-19-16(10-15)6-5-9-28-19/h7-8,10,17-18H,4-6,9,11-13H2,1-3H3,(H,23,27)(H,24,25)/t17-,18-/m0/s1. The third kappa shape index (κ3) is 3.78. The number of fused-ring (bicyclic) bond motifs is 1. The molecule has 1 saturated heterocycles. The zero-order valence-corrected chi connectivity index (χ0v) is 17.0. The zero-order chi connectivity index (χ0) is 19.7. The summed E-state index contributed by atoms with van der Waals surface area (Å²) in [5, 5.41) is 3.16. The number of amides is 1. The minimum Gasteiger partial charge on any atom is -0.493 e. The summed E-state index contributed by atoms with van der Waals surface area (Å²) < 4.78 is 5.68. The lowest BCUT2D eigenvalue weighted by Gasteiger charge is -2.19. The van der Waals surface area contributed by atoms with Crippen LogP contribution in [0.5, 0.6) is 5.75 Å². The lowest BCUT2D eigenvalue weighted by molar-refractivity contribution is -0.125. The molecule has 6 nitrogen and oxygen atoms in total. The molecular formula is C22H30N4O2. The monoisotopic (exact) mass is 382 g/mol. The van der Waals surface area contributed by atoms with Crippen molar-refractivity contribution in [1.29, 1.82) is 0 Å². The highest BCUT2D eigenvalue weighted by Gasteiger charge is 2.39. The summed E-state index contributed by atoms with van der Waals surface area (Å²) in [6.45, 7) is 7.14. The molecule has 1 fully saturated rings. The average Bonchev–Trinajstić information content (AvgIpc) is 3.28. The number of imidazole rings is 1. The lowest BCUT2D eigenvalue weighted by Crippen LogP contribution is -2.34. The summed E-state index contributed by atoms with van der Waals surface area (Å²) in [4.78, 5) is 23.4. The molecule has 0 aliphatic carbocycles. The van der Waals surface area contributed by atoms with Crippen molar-refractivity contribution < 1.29 is 9.53 Å². The highest BCUT2D eigenvalue weighted by atomic mass is 16.5. The van der Waals surface area contributed by atoms with Crippen molar-refractivity contribution in [3.05, 3.63) is 46.5 Å². The number of aromatic amines is 1. The number of carbonyl (C=O) groups excluding carboxylic acids is 1. The van der Waals surface area contributed by atoms with Crippen LogP contribution in [-0.4, -0.2) is 47.5 Å². The Morgan fingerprint density at radius 3 is 3.04 bits per heavy atom. The number of ether oxygens (including phenoxy) is 1. The third-order valence-electron chi connectivity index (χ3n) is 5.94. The van der Waals surface area contributed by atoms with Gasteiger partial charge in [-0.2, -0.15) is 0 Å². The maximum absolute atomic E-state index is 13.0. The van der Waals surface area contributed by atoms with E-state index in [4.69, 9.17) is 9.72 Å². The van der Waals surface area contributed by atoms with E-state index < -0.39 is 0 Å². The maximum atomic E-state index is 13.0. The average molecular weight is 383 g/mol. The number of nitrogens with one attached hydrogen (secondary N) is 2. The van der Waals surface area contributed by atoms with Crippen molar-refractivity contribution >= 4 is 5.91 Å². The lowest BCUT2D eigenvalue weighted by atomic mass is 9.91. The molecule has 0 bridgehead atoms. The largest absolute Gasteiger partial charge is 0.493 e. The summed E-state index contributed by atoms with van der Waals surface area (Å²) >= 11 is 0. The van der Waals surface area contributed by atoms with Gasteiger partial charge in [0.2, 0.25) is 5.91 Å².